The van der Waals surface area contributed by atoms with E-state index in [-0.39, 0.29) is 23.8 Å². The van der Waals surface area contributed by atoms with Crippen LogP contribution in [0.25, 0.3) is 0 Å². The van der Waals surface area contributed by atoms with E-state index in [0.717, 1.165) is 30.0 Å². The van der Waals surface area contributed by atoms with Crippen LogP contribution in [0.15, 0.2) is 29.1 Å². The van der Waals surface area contributed by atoms with Crippen LogP contribution in [0.3, 0.4) is 0 Å². The average molecular weight is 397 g/mol. The topological polar surface area (TPSA) is 73.7 Å². The number of hydrogen-bond acceptors (Lipinski definition) is 5. The van der Waals surface area contributed by atoms with Crippen LogP contribution in [0.4, 0.5) is 0 Å². The molecule has 2 aliphatic rings. The van der Waals surface area contributed by atoms with Gasteiger partial charge in [-0.25, -0.2) is 4.79 Å². The largest absolute Gasteiger partial charge is 0.454 e. The van der Waals surface area contributed by atoms with Crippen molar-refractivity contribution in [1.29, 1.82) is 0 Å². The first kappa shape index (κ1) is 19.5. The predicted octanol–water partition coefficient (Wildman–Crippen LogP) is 2.46. The van der Waals surface area contributed by atoms with Gasteiger partial charge in [-0.1, -0.05) is 13.0 Å². The molecule has 1 atom stereocenters. The Bertz CT molecular complexity index is 1000. The highest BCUT2D eigenvalue weighted by atomic mass is 16.7. The fourth-order valence-corrected chi connectivity index (χ4v) is 4.35. The van der Waals surface area contributed by atoms with Gasteiger partial charge in [0, 0.05) is 37.4 Å². The average Bonchev–Trinajstić information content (AvgIpc) is 3.11. The summed E-state index contributed by atoms with van der Waals surface area (Å²) in [6, 6.07) is 7.95. The molecule has 0 unspecified atom stereocenters. The fourth-order valence-electron chi connectivity index (χ4n) is 4.35. The zero-order valence-corrected chi connectivity index (χ0v) is 17.2. The van der Waals surface area contributed by atoms with Crippen molar-refractivity contribution in [2.45, 2.75) is 46.6 Å². The fraction of sp³-hybridized carbons (Fsp3) is 0.500. The maximum atomic E-state index is 12.5. The predicted molar refractivity (Wildman–Crippen MR) is 108 cm³/mol. The van der Waals surface area contributed by atoms with Crippen molar-refractivity contribution < 1.29 is 14.3 Å². The van der Waals surface area contributed by atoms with Gasteiger partial charge in [0.2, 0.25) is 12.7 Å². The number of amides is 1. The third-order valence-corrected chi connectivity index (χ3v) is 5.88. The number of carbonyl (C=O) groups is 1. The molecule has 2 aromatic rings. The molecule has 1 aromatic heterocycles. The van der Waals surface area contributed by atoms with E-state index in [1.807, 2.05) is 36.9 Å². The maximum Gasteiger partial charge on any atom is 0.348 e. The highest BCUT2D eigenvalue weighted by Gasteiger charge is 2.35. The van der Waals surface area contributed by atoms with Crippen molar-refractivity contribution in [2.75, 3.05) is 19.9 Å². The quantitative estimate of drug-likeness (QED) is 0.775. The Balaban J connectivity index is 1.45. The van der Waals surface area contributed by atoms with E-state index in [0.29, 0.717) is 31.7 Å². The minimum absolute atomic E-state index is 0.0207. The molecule has 29 heavy (non-hydrogen) atoms. The number of hydrogen-bond donors (Lipinski definition) is 0. The van der Waals surface area contributed by atoms with Crippen LogP contribution in [0.1, 0.15) is 36.7 Å². The number of nitrogens with zero attached hydrogens (tertiary/aromatic N) is 3. The van der Waals surface area contributed by atoms with Crippen LogP contribution in [0.5, 0.6) is 11.5 Å². The van der Waals surface area contributed by atoms with E-state index in [9.17, 15) is 9.59 Å². The number of benzene rings is 1. The molecule has 0 aliphatic carbocycles. The van der Waals surface area contributed by atoms with Gasteiger partial charge in [0.05, 0.1) is 0 Å². The lowest BCUT2D eigenvalue weighted by Gasteiger charge is -2.40. The summed E-state index contributed by atoms with van der Waals surface area (Å²) < 4.78 is 12.5. The molecule has 7 nitrogen and oxygen atoms in total. The van der Waals surface area contributed by atoms with Crippen LogP contribution >= 0.6 is 0 Å². The Morgan fingerprint density at radius 1 is 1.10 bits per heavy atom. The Labute approximate surface area is 170 Å². The number of aromatic nitrogens is 2. The first-order valence-corrected chi connectivity index (χ1v) is 10.0. The Morgan fingerprint density at radius 3 is 2.69 bits per heavy atom. The molecule has 0 radical (unpaired) electrons. The van der Waals surface area contributed by atoms with Crippen molar-refractivity contribution >= 4 is 5.91 Å². The van der Waals surface area contributed by atoms with E-state index in [1.54, 1.807) is 4.57 Å². The molecule has 154 valence electrons. The lowest BCUT2D eigenvalue weighted by molar-refractivity contribution is -0.137. The van der Waals surface area contributed by atoms with E-state index < -0.39 is 0 Å². The van der Waals surface area contributed by atoms with Crippen LogP contribution in [0.2, 0.25) is 0 Å². The van der Waals surface area contributed by atoms with Gasteiger partial charge in [-0.15, -0.1) is 0 Å². The van der Waals surface area contributed by atoms with Gasteiger partial charge in [0.1, 0.15) is 0 Å². The first-order valence-electron chi connectivity index (χ1n) is 10.0. The number of fused-ring (bicyclic) bond motifs is 1. The molecule has 1 saturated heterocycles. The second-order valence-corrected chi connectivity index (χ2v) is 8.46. The Morgan fingerprint density at radius 2 is 1.90 bits per heavy atom. The smallest absolute Gasteiger partial charge is 0.348 e. The molecular formula is C22H27N3O4. The number of piperidine rings is 1. The van der Waals surface area contributed by atoms with Gasteiger partial charge in [-0.3, -0.25) is 9.36 Å². The molecule has 1 aromatic carbocycles. The first-order chi connectivity index (χ1) is 13.8. The van der Waals surface area contributed by atoms with Crippen molar-refractivity contribution in [3.63, 3.8) is 0 Å². The third kappa shape index (κ3) is 4.13. The molecule has 0 spiro atoms. The Kier molecular flexibility index (Phi) is 5.06. The number of carbonyl (C=O) groups excluding carboxylic acids is 1. The van der Waals surface area contributed by atoms with E-state index in [1.165, 1.54) is 5.56 Å². The molecule has 1 fully saturated rings. The van der Waals surface area contributed by atoms with Gasteiger partial charge in [-0.05, 0) is 55.9 Å². The summed E-state index contributed by atoms with van der Waals surface area (Å²) in [7, 11) is 0. The highest BCUT2D eigenvalue weighted by molar-refractivity contribution is 5.77. The van der Waals surface area contributed by atoms with Gasteiger partial charge >= 0.3 is 5.69 Å². The summed E-state index contributed by atoms with van der Waals surface area (Å²) >= 11 is 0. The number of rotatable bonds is 5. The van der Waals surface area contributed by atoms with Gasteiger partial charge in [0.15, 0.2) is 11.5 Å². The molecule has 0 saturated carbocycles. The van der Waals surface area contributed by atoms with Gasteiger partial charge < -0.3 is 14.4 Å². The number of likely N-dealkylation sites (tertiary alicyclic amines) is 1. The molecule has 3 heterocycles. The summed E-state index contributed by atoms with van der Waals surface area (Å²) in [5, 5.41) is 0. The third-order valence-electron chi connectivity index (χ3n) is 5.88. The summed E-state index contributed by atoms with van der Waals surface area (Å²) in [5.41, 5.74) is 2.49. The SMILES string of the molecule is Cc1cc(C)n(CCN2C[C@@](C)(Cc3ccc4c(c3)OCO4)CCC2=O)c(=O)n1. The number of aryl methyl sites for hydroxylation is 2. The van der Waals surface area contributed by atoms with Crippen molar-refractivity contribution in [3.8, 4) is 11.5 Å². The van der Waals surface area contributed by atoms with Crippen LogP contribution in [-0.4, -0.2) is 40.2 Å². The maximum absolute atomic E-state index is 12.5. The molecule has 1 amide bonds. The van der Waals surface area contributed by atoms with Crippen LogP contribution in [0, 0.1) is 19.3 Å². The normalized spacial score (nSPS) is 20.9. The minimum Gasteiger partial charge on any atom is -0.454 e. The lowest BCUT2D eigenvalue weighted by atomic mass is 9.76. The van der Waals surface area contributed by atoms with Crippen molar-refractivity contribution in [1.82, 2.24) is 14.5 Å². The standard InChI is InChI=1S/C22H27N3O4/c1-15-10-16(2)25(21(27)23-15)9-8-24-13-22(3,7-6-20(24)26)12-17-4-5-18-19(11-17)29-14-28-18/h4-5,10-11H,6-9,12-14H2,1-3H3/t22-/m1/s1. The molecule has 4 rings (SSSR count). The lowest BCUT2D eigenvalue weighted by Crippen LogP contribution is -2.47. The van der Waals surface area contributed by atoms with Gasteiger partial charge in [0.25, 0.3) is 0 Å². The second-order valence-electron chi connectivity index (χ2n) is 8.46. The zero-order chi connectivity index (χ0) is 20.6. The summed E-state index contributed by atoms with van der Waals surface area (Å²) in [4.78, 5) is 30.6. The monoisotopic (exact) mass is 397 g/mol. The molecular weight excluding hydrogens is 370 g/mol. The highest BCUT2D eigenvalue weighted by Crippen LogP contribution is 2.37. The van der Waals surface area contributed by atoms with E-state index in [2.05, 4.69) is 18.0 Å². The second kappa shape index (κ2) is 7.54. The Hall–Kier alpha value is -2.83. The van der Waals surface area contributed by atoms with Crippen molar-refractivity contribution in [2.24, 2.45) is 5.41 Å². The minimum atomic E-state index is -0.255. The number of ether oxygens (including phenoxy) is 2. The van der Waals surface area contributed by atoms with E-state index >= 15 is 0 Å². The van der Waals surface area contributed by atoms with Crippen molar-refractivity contribution in [3.05, 3.63) is 51.7 Å². The molecule has 0 bridgehead atoms. The van der Waals surface area contributed by atoms with Crippen LogP contribution < -0.4 is 15.2 Å². The van der Waals surface area contributed by atoms with Crippen LogP contribution in [-0.2, 0) is 17.8 Å². The summed E-state index contributed by atoms with van der Waals surface area (Å²) in [6.45, 7) is 7.86. The molecule has 2 aliphatic heterocycles. The summed E-state index contributed by atoms with van der Waals surface area (Å²) in [5.74, 6) is 1.72. The molecule has 0 N–H and O–H groups in total. The van der Waals surface area contributed by atoms with E-state index in [4.69, 9.17) is 9.47 Å². The zero-order valence-electron chi connectivity index (χ0n) is 17.2. The summed E-state index contributed by atoms with van der Waals surface area (Å²) in [6.07, 6.45) is 2.24. The van der Waals surface area contributed by atoms with Gasteiger partial charge in [-0.2, -0.15) is 4.98 Å². The molecule has 7 heteroatoms.